The van der Waals surface area contributed by atoms with Crippen LogP contribution in [0, 0.1) is 43.4 Å². The third kappa shape index (κ3) is 2.26. The van der Waals surface area contributed by atoms with Crippen LogP contribution in [0.1, 0.15) is 33.6 Å². The number of rotatable bonds is 2. The van der Waals surface area contributed by atoms with E-state index in [2.05, 4.69) is 19.0 Å². The molecule has 2 aliphatic rings. The molecule has 0 aliphatic heterocycles. The van der Waals surface area contributed by atoms with Crippen molar-refractivity contribution >= 4 is 5.96 Å². The Hall–Kier alpha value is -1.73. The monoisotopic (exact) mass is 271 g/mol. The Labute approximate surface area is 110 Å². The minimum Gasteiger partial charge on any atom is -0.320 e. The van der Waals surface area contributed by atoms with Gasteiger partial charge in [0.25, 0.3) is 5.16 Å². The first-order valence-electron chi connectivity index (χ1n) is 6.29. The van der Waals surface area contributed by atoms with Crippen LogP contribution in [0.3, 0.4) is 0 Å². The third-order valence-corrected chi connectivity index (χ3v) is 4.57. The molecule has 8 nitrogen and oxygen atoms in total. The Morgan fingerprint density at radius 3 is 2.37 bits per heavy atom. The largest absolute Gasteiger partial charge is 0.718 e. The van der Waals surface area contributed by atoms with Crippen LogP contribution in [0.25, 0.3) is 0 Å². The van der Waals surface area contributed by atoms with Crippen LogP contribution in [0.15, 0.2) is 5.16 Å². The minimum absolute atomic E-state index is 0.133. The van der Waals surface area contributed by atoms with E-state index in [0.717, 1.165) is 12.8 Å². The highest BCUT2D eigenvalue weighted by Gasteiger charge is 2.65. The Kier molecular flexibility index (Phi) is 3.19. The number of hydrogen-bond donors (Lipinski definition) is 0. The van der Waals surface area contributed by atoms with Crippen molar-refractivity contribution in [2.24, 2.45) is 28.3 Å². The zero-order valence-corrected chi connectivity index (χ0v) is 11.1. The van der Waals surface area contributed by atoms with E-state index < -0.39 is 15.8 Å². The van der Waals surface area contributed by atoms with Crippen molar-refractivity contribution in [2.75, 3.05) is 0 Å². The van der Waals surface area contributed by atoms with Crippen LogP contribution in [0.2, 0.25) is 0 Å². The predicted molar refractivity (Wildman–Crippen MR) is 65.5 cm³/mol. The first kappa shape index (κ1) is 13.7. The fraction of sp³-hybridized carbons (Fsp3) is 0.909. The molecule has 2 unspecified atom stereocenters. The highest BCUT2D eigenvalue weighted by Crippen LogP contribution is 2.66. The van der Waals surface area contributed by atoms with Crippen molar-refractivity contribution in [3.05, 3.63) is 20.2 Å². The first-order chi connectivity index (χ1) is 8.76. The summed E-state index contributed by atoms with van der Waals surface area (Å²) in [5.74, 6) is -0.349. The molecule has 2 rings (SSSR count). The van der Waals surface area contributed by atoms with Gasteiger partial charge in [0.1, 0.15) is 0 Å². The summed E-state index contributed by atoms with van der Waals surface area (Å²) in [4.78, 5) is 23.8. The van der Waals surface area contributed by atoms with Gasteiger partial charge in [-0.3, -0.25) is 4.84 Å². The molecule has 106 valence electrons. The van der Waals surface area contributed by atoms with Gasteiger partial charge in [0.15, 0.2) is 6.10 Å². The molecule has 2 saturated carbocycles. The maximum atomic E-state index is 10.5. The minimum atomic E-state index is -1.35. The fourth-order valence-electron chi connectivity index (χ4n) is 3.36. The van der Waals surface area contributed by atoms with Crippen molar-refractivity contribution < 1.29 is 14.7 Å². The van der Waals surface area contributed by atoms with E-state index in [1.807, 2.05) is 6.92 Å². The lowest BCUT2D eigenvalue weighted by Crippen LogP contribution is -2.30. The zero-order valence-electron chi connectivity index (χ0n) is 11.1. The van der Waals surface area contributed by atoms with Gasteiger partial charge in [0.2, 0.25) is 0 Å². The fourth-order valence-corrected chi connectivity index (χ4v) is 3.36. The summed E-state index contributed by atoms with van der Waals surface area (Å²) in [5, 5.41) is 24.1. The molecule has 0 heterocycles. The van der Waals surface area contributed by atoms with Gasteiger partial charge in [-0.15, -0.1) is 0 Å². The molecule has 0 amide bonds. The van der Waals surface area contributed by atoms with Gasteiger partial charge in [-0.2, -0.15) is 0 Å². The van der Waals surface area contributed by atoms with Crippen LogP contribution in [-0.2, 0) is 4.84 Å². The van der Waals surface area contributed by atoms with E-state index in [-0.39, 0.29) is 23.4 Å². The van der Waals surface area contributed by atoms with Gasteiger partial charge in [0, 0.05) is 5.92 Å². The molecule has 0 saturated heterocycles. The molecule has 8 heteroatoms. The summed E-state index contributed by atoms with van der Waals surface area (Å²) >= 11 is 0. The van der Waals surface area contributed by atoms with E-state index in [9.17, 15) is 20.2 Å². The van der Waals surface area contributed by atoms with Crippen molar-refractivity contribution in [3.63, 3.8) is 0 Å². The molecular formula is C11H17N3O5. The van der Waals surface area contributed by atoms with Crippen molar-refractivity contribution in [3.8, 4) is 0 Å². The second-order valence-electron chi connectivity index (χ2n) is 5.98. The lowest BCUT2D eigenvalue weighted by molar-refractivity contribution is -0.506. The highest BCUT2D eigenvalue weighted by atomic mass is 16.7. The lowest BCUT2D eigenvalue weighted by Gasteiger charge is -2.22. The third-order valence-electron chi connectivity index (χ3n) is 4.57. The normalized spacial score (nSPS) is 34.9. The van der Waals surface area contributed by atoms with Crippen molar-refractivity contribution in [1.29, 1.82) is 0 Å². The maximum Gasteiger partial charge on any atom is 0.718 e. The van der Waals surface area contributed by atoms with Crippen LogP contribution >= 0.6 is 0 Å². The quantitative estimate of drug-likeness (QED) is 0.330. The Balaban J connectivity index is 2.11. The summed E-state index contributed by atoms with van der Waals surface area (Å²) in [6.45, 7) is 6.24. The molecule has 0 N–H and O–H groups in total. The second-order valence-corrected chi connectivity index (χ2v) is 5.98. The summed E-state index contributed by atoms with van der Waals surface area (Å²) in [6.07, 6.45) is 1.79. The Morgan fingerprint density at radius 1 is 1.26 bits per heavy atom. The van der Waals surface area contributed by atoms with Gasteiger partial charge >= 0.3 is 5.96 Å². The smallest absolute Gasteiger partial charge is 0.320 e. The van der Waals surface area contributed by atoms with Crippen LogP contribution in [-0.4, -0.2) is 21.9 Å². The van der Waals surface area contributed by atoms with E-state index in [1.165, 1.54) is 0 Å². The average molecular weight is 271 g/mol. The Morgan fingerprint density at radius 2 is 1.84 bits per heavy atom. The molecule has 19 heavy (non-hydrogen) atoms. The number of hydrogen-bond acceptors (Lipinski definition) is 6. The number of nitrogens with zero attached hydrogens (tertiary/aromatic N) is 3. The second kappa shape index (κ2) is 4.43. The standard InChI is InChI=1S/C11H17N3O5/c1-6-4-5-7-8(11(7,2)3)9(6)19-12-10(13(15)16)14(17)18/h6-9H,4-5H2,1-3H3/t6-,7?,8?,9+/m0/s1. The lowest BCUT2D eigenvalue weighted by atomic mass is 9.88. The molecule has 0 radical (unpaired) electrons. The number of guanidine groups is 1. The van der Waals surface area contributed by atoms with Crippen LogP contribution in [0.5, 0.6) is 0 Å². The molecule has 0 spiro atoms. The molecule has 0 bridgehead atoms. The topological polar surface area (TPSA) is 108 Å². The van der Waals surface area contributed by atoms with Crippen LogP contribution in [0.4, 0.5) is 0 Å². The Bertz CT molecular complexity index is 432. The number of oxime groups is 1. The molecule has 2 aliphatic carbocycles. The summed E-state index contributed by atoms with van der Waals surface area (Å²) < 4.78 is 0. The predicted octanol–water partition coefficient (Wildman–Crippen LogP) is 1.90. The van der Waals surface area contributed by atoms with Crippen molar-refractivity contribution in [2.45, 2.75) is 39.7 Å². The molecule has 4 atom stereocenters. The molecule has 0 aromatic carbocycles. The number of nitro groups is 2. The van der Waals surface area contributed by atoms with E-state index in [0.29, 0.717) is 5.92 Å². The first-order valence-corrected chi connectivity index (χ1v) is 6.29. The van der Waals surface area contributed by atoms with Crippen LogP contribution < -0.4 is 0 Å². The van der Waals surface area contributed by atoms with Gasteiger partial charge in [0.05, 0.1) is 9.85 Å². The van der Waals surface area contributed by atoms with Crippen molar-refractivity contribution in [1.82, 2.24) is 0 Å². The van der Waals surface area contributed by atoms with E-state index in [4.69, 9.17) is 4.84 Å². The van der Waals surface area contributed by atoms with Gasteiger partial charge in [-0.05, 0) is 30.1 Å². The summed E-state index contributed by atoms with van der Waals surface area (Å²) in [6, 6.07) is 0. The molecular weight excluding hydrogens is 254 g/mol. The van der Waals surface area contributed by atoms with Gasteiger partial charge in [-0.1, -0.05) is 20.8 Å². The summed E-state index contributed by atoms with van der Waals surface area (Å²) in [5.41, 5.74) is 0.133. The van der Waals surface area contributed by atoms with E-state index in [1.54, 1.807) is 0 Å². The molecule has 0 aromatic heterocycles. The van der Waals surface area contributed by atoms with Gasteiger partial charge < -0.3 is 20.2 Å². The highest BCUT2D eigenvalue weighted by molar-refractivity contribution is 5.61. The number of fused-ring (bicyclic) bond motifs is 1. The van der Waals surface area contributed by atoms with Gasteiger partial charge in [-0.25, -0.2) is 0 Å². The maximum absolute atomic E-state index is 10.5. The molecule has 2 fully saturated rings. The van der Waals surface area contributed by atoms with E-state index >= 15 is 0 Å². The average Bonchev–Trinajstić information content (AvgIpc) is 2.83. The summed E-state index contributed by atoms with van der Waals surface area (Å²) in [7, 11) is 0. The SMILES string of the molecule is C[C@H]1CCC2C([C@@H]1ON=C([N+](=O)[O-])[N+](=O)[O-])C2(C)C. The zero-order chi connectivity index (χ0) is 14.4. The molecule has 0 aromatic rings.